The number of benzene rings is 1. The normalized spacial score (nSPS) is 11.2. The van der Waals surface area contributed by atoms with E-state index in [-0.39, 0.29) is 11.4 Å². The van der Waals surface area contributed by atoms with Crippen molar-refractivity contribution in [3.8, 4) is 0 Å². The quantitative estimate of drug-likeness (QED) is 0.854. The SMILES string of the molecule is CCNc1ccc(S(=O)(=O)NCc2ccccc2)cn1. The van der Waals surface area contributed by atoms with Crippen molar-refractivity contribution in [2.45, 2.75) is 18.4 Å². The Kier molecular flexibility index (Phi) is 4.70. The van der Waals surface area contributed by atoms with Gasteiger partial charge < -0.3 is 5.32 Å². The standard InChI is InChI=1S/C14H17N3O2S/c1-2-15-14-9-8-13(11-16-14)20(18,19)17-10-12-6-4-3-5-7-12/h3-9,11,17H,2,10H2,1H3,(H,15,16). The molecule has 0 aliphatic carbocycles. The van der Waals surface area contributed by atoms with Crippen LogP contribution in [0.15, 0.2) is 53.6 Å². The maximum absolute atomic E-state index is 12.1. The highest BCUT2D eigenvalue weighted by atomic mass is 32.2. The van der Waals surface area contributed by atoms with Crippen LogP contribution in [-0.2, 0) is 16.6 Å². The Hall–Kier alpha value is -1.92. The number of hydrogen-bond acceptors (Lipinski definition) is 4. The van der Waals surface area contributed by atoms with Gasteiger partial charge in [0.25, 0.3) is 0 Å². The number of rotatable bonds is 6. The molecule has 106 valence electrons. The summed E-state index contributed by atoms with van der Waals surface area (Å²) in [5.41, 5.74) is 0.910. The summed E-state index contributed by atoms with van der Waals surface area (Å²) in [6.45, 7) is 2.96. The molecule has 6 heteroatoms. The van der Waals surface area contributed by atoms with Crippen molar-refractivity contribution < 1.29 is 8.42 Å². The van der Waals surface area contributed by atoms with Crippen molar-refractivity contribution in [2.75, 3.05) is 11.9 Å². The van der Waals surface area contributed by atoms with Gasteiger partial charge in [-0.1, -0.05) is 30.3 Å². The van der Waals surface area contributed by atoms with Gasteiger partial charge in [-0.15, -0.1) is 0 Å². The van der Waals surface area contributed by atoms with E-state index in [2.05, 4.69) is 15.0 Å². The van der Waals surface area contributed by atoms with E-state index in [0.29, 0.717) is 5.82 Å². The molecule has 0 atom stereocenters. The van der Waals surface area contributed by atoms with E-state index in [9.17, 15) is 8.42 Å². The topological polar surface area (TPSA) is 71.1 Å². The largest absolute Gasteiger partial charge is 0.370 e. The predicted octanol–water partition coefficient (Wildman–Crippen LogP) is 1.99. The monoisotopic (exact) mass is 291 g/mol. The second-order valence-corrected chi connectivity index (χ2v) is 5.99. The minimum absolute atomic E-state index is 0.162. The molecular formula is C14H17N3O2S. The Morgan fingerprint density at radius 1 is 1.10 bits per heavy atom. The highest BCUT2D eigenvalue weighted by Crippen LogP contribution is 2.11. The molecule has 0 spiro atoms. The van der Waals surface area contributed by atoms with Crippen LogP contribution in [0.2, 0.25) is 0 Å². The van der Waals surface area contributed by atoms with E-state index in [1.807, 2.05) is 37.3 Å². The lowest BCUT2D eigenvalue weighted by molar-refractivity contribution is 0.581. The number of nitrogens with one attached hydrogen (secondary N) is 2. The molecule has 1 heterocycles. The minimum atomic E-state index is -3.53. The molecule has 2 aromatic rings. The van der Waals surface area contributed by atoms with Gasteiger partial charge in [0, 0.05) is 19.3 Å². The van der Waals surface area contributed by atoms with Crippen LogP contribution in [0, 0.1) is 0 Å². The summed E-state index contributed by atoms with van der Waals surface area (Å²) in [4.78, 5) is 4.22. The zero-order chi connectivity index (χ0) is 14.4. The molecule has 0 bridgehead atoms. The van der Waals surface area contributed by atoms with Crippen molar-refractivity contribution in [2.24, 2.45) is 0 Å². The molecule has 1 aromatic carbocycles. The number of hydrogen-bond donors (Lipinski definition) is 2. The van der Waals surface area contributed by atoms with Gasteiger partial charge in [-0.2, -0.15) is 0 Å². The van der Waals surface area contributed by atoms with Crippen molar-refractivity contribution in [3.05, 3.63) is 54.2 Å². The van der Waals surface area contributed by atoms with E-state index in [0.717, 1.165) is 12.1 Å². The fourth-order valence-electron chi connectivity index (χ4n) is 1.68. The summed E-state index contributed by atoms with van der Waals surface area (Å²) in [7, 11) is -3.53. The van der Waals surface area contributed by atoms with E-state index >= 15 is 0 Å². The molecule has 0 saturated heterocycles. The minimum Gasteiger partial charge on any atom is -0.370 e. The van der Waals surface area contributed by atoms with E-state index in [1.165, 1.54) is 6.20 Å². The van der Waals surface area contributed by atoms with Gasteiger partial charge in [-0.05, 0) is 24.6 Å². The van der Waals surface area contributed by atoms with Crippen LogP contribution in [-0.4, -0.2) is 19.9 Å². The molecule has 2 N–H and O–H groups in total. The zero-order valence-electron chi connectivity index (χ0n) is 11.2. The maximum atomic E-state index is 12.1. The van der Waals surface area contributed by atoms with E-state index < -0.39 is 10.0 Å². The van der Waals surface area contributed by atoms with Gasteiger partial charge in [0.2, 0.25) is 10.0 Å². The van der Waals surface area contributed by atoms with Gasteiger partial charge in [-0.25, -0.2) is 18.1 Å². The molecule has 0 fully saturated rings. The Morgan fingerprint density at radius 3 is 2.45 bits per heavy atom. The van der Waals surface area contributed by atoms with Gasteiger partial charge in [0.05, 0.1) is 0 Å². The molecule has 1 aromatic heterocycles. The fraction of sp³-hybridized carbons (Fsp3) is 0.214. The number of aromatic nitrogens is 1. The highest BCUT2D eigenvalue weighted by molar-refractivity contribution is 7.89. The third-order valence-corrected chi connectivity index (χ3v) is 4.10. The van der Waals surface area contributed by atoms with Crippen molar-refractivity contribution in [3.63, 3.8) is 0 Å². The molecule has 0 aliphatic heterocycles. The van der Waals surface area contributed by atoms with Crippen LogP contribution in [0.5, 0.6) is 0 Å². The summed E-state index contributed by atoms with van der Waals surface area (Å²) >= 11 is 0. The van der Waals surface area contributed by atoms with Crippen LogP contribution >= 0.6 is 0 Å². The molecule has 5 nitrogen and oxygen atoms in total. The third-order valence-electron chi connectivity index (χ3n) is 2.71. The van der Waals surface area contributed by atoms with Crippen LogP contribution in [0.25, 0.3) is 0 Å². The van der Waals surface area contributed by atoms with Crippen molar-refractivity contribution in [1.82, 2.24) is 9.71 Å². The first-order chi connectivity index (χ1) is 9.62. The number of nitrogens with zero attached hydrogens (tertiary/aromatic N) is 1. The lowest BCUT2D eigenvalue weighted by atomic mass is 10.2. The second kappa shape index (κ2) is 6.49. The maximum Gasteiger partial charge on any atom is 0.242 e. The molecule has 20 heavy (non-hydrogen) atoms. The molecule has 2 rings (SSSR count). The van der Waals surface area contributed by atoms with E-state index in [1.54, 1.807) is 12.1 Å². The number of pyridine rings is 1. The first-order valence-electron chi connectivity index (χ1n) is 6.35. The van der Waals surface area contributed by atoms with Crippen LogP contribution in [0.1, 0.15) is 12.5 Å². The summed E-state index contributed by atoms with van der Waals surface area (Å²) in [6, 6.07) is 12.6. The summed E-state index contributed by atoms with van der Waals surface area (Å²) in [6.07, 6.45) is 1.35. The molecule has 0 aliphatic rings. The Bertz CT molecular complexity index is 640. The first-order valence-corrected chi connectivity index (χ1v) is 7.83. The zero-order valence-corrected chi connectivity index (χ0v) is 12.0. The number of sulfonamides is 1. The Morgan fingerprint density at radius 2 is 1.85 bits per heavy atom. The average Bonchev–Trinajstić information content (AvgIpc) is 2.47. The van der Waals surface area contributed by atoms with Crippen LogP contribution < -0.4 is 10.0 Å². The molecule has 0 radical (unpaired) electrons. The molecule has 0 unspecified atom stereocenters. The fourth-order valence-corrected chi connectivity index (χ4v) is 2.64. The van der Waals surface area contributed by atoms with Gasteiger partial charge in [0.15, 0.2) is 0 Å². The summed E-state index contributed by atoms with van der Waals surface area (Å²) < 4.78 is 26.8. The number of anilines is 1. The second-order valence-electron chi connectivity index (χ2n) is 4.22. The third kappa shape index (κ3) is 3.79. The molecule has 0 amide bonds. The Balaban J connectivity index is 2.06. The van der Waals surface area contributed by atoms with Crippen LogP contribution in [0.4, 0.5) is 5.82 Å². The summed E-state index contributed by atoms with van der Waals surface area (Å²) in [5.74, 6) is 0.662. The van der Waals surface area contributed by atoms with Crippen molar-refractivity contribution in [1.29, 1.82) is 0 Å². The lowest BCUT2D eigenvalue weighted by Gasteiger charge is -2.07. The average molecular weight is 291 g/mol. The van der Waals surface area contributed by atoms with Crippen molar-refractivity contribution >= 4 is 15.8 Å². The molecular weight excluding hydrogens is 274 g/mol. The van der Waals surface area contributed by atoms with Gasteiger partial charge in [0.1, 0.15) is 10.7 Å². The van der Waals surface area contributed by atoms with Crippen LogP contribution in [0.3, 0.4) is 0 Å². The van der Waals surface area contributed by atoms with E-state index in [4.69, 9.17) is 0 Å². The molecule has 0 saturated carbocycles. The summed E-state index contributed by atoms with van der Waals surface area (Å²) in [5, 5.41) is 3.02. The highest BCUT2D eigenvalue weighted by Gasteiger charge is 2.13. The smallest absolute Gasteiger partial charge is 0.242 e. The van der Waals surface area contributed by atoms with Gasteiger partial charge >= 0.3 is 0 Å². The predicted molar refractivity (Wildman–Crippen MR) is 78.9 cm³/mol. The Labute approximate surface area is 119 Å². The lowest BCUT2D eigenvalue weighted by Crippen LogP contribution is -2.23. The first kappa shape index (κ1) is 14.5. The van der Waals surface area contributed by atoms with Gasteiger partial charge in [-0.3, -0.25) is 0 Å².